The normalized spacial score (nSPS) is 18.8. The summed E-state index contributed by atoms with van der Waals surface area (Å²) in [5.41, 5.74) is 8.54. The minimum atomic E-state index is -0.846. The van der Waals surface area contributed by atoms with Crippen LogP contribution < -0.4 is 15.8 Å². The van der Waals surface area contributed by atoms with Crippen LogP contribution in [0.5, 0.6) is 5.75 Å². The number of nitrogens with one attached hydrogen (secondary N) is 1. The number of carbonyl (C=O) groups excluding carboxylic acids is 3. The number of Topliss-reactive ketones (excluding diaryl/α,β-unsaturated/α-hetero) is 1. The lowest BCUT2D eigenvalue weighted by molar-refractivity contribution is -0.136. The van der Waals surface area contributed by atoms with Crippen molar-refractivity contribution in [3.05, 3.63) is 82.4 Å². The topological polar surface area (TPSA) is 117 Å². The fourth-order valence-electron chi connectivity index (χ4n) is 4.63. The fraction of sp³-hybridized carbons (Fsp3) is 0.321. The molecule has 1 heterocycles. The van der Waals surface area contributed by atoms with Gasteiger partial charge in [-0.2, -0.15) is 0 Å². The number of rotatable bonds is 6. The Kier molecular flexibility index (Phi) is 6.88. The number of ketones is 1. The van der Waals surface area contributed by atoms with Gasteiger partial charge in [-0.1, -0.05) is 49.7 Å². The van der Waals surface area contributed by atoms with Crippen molar-refractivity contribution in [2.24, 2.45) is 11.1 Å². The van der Waals surface area contributed by atoms with Crippen molar-refractivity contribution in [2.75, 3.05) is 19.0 Å². The summed E-state index contributed by atoms with van der Waals surface area (Å²) >= 11 is 0. The Morgan fingerprint density at radius 2 is 1.81 bits per heavy atom. The summed E-state index contributed by atoms with van der Waals surface area (Å²) in [6, 6.07) is 14.4. The molecule has 3 N–H and O–H groups in total. The first-order valence-corrected chi connectivity index (χ1v) is 11.7. The predicted octanol–water partition coefficient (Wildman–Crippen LogP) is 4.11. The zero-order chi connectivity index (χ0) is 26.0. The molecule has 0 fully saturated rings. The van der Waals surface area contributed by atoms with Gasteiger partial charge in [0, 0.05) is 29.7 Å². The van der Waals surface area contributed by atoms with Gasteiger partial charge in [0.15, 0.2) is 12.4 Å². The van der Waals surface area contributed by atoms with Crippen LogP contribution in [0.3, 0.4) is 0 Å². The number of para-hydroxylation sites is 1. The first-order chi connectivity index (χ1) is 17.1. The summed E-state index contributed by atoms with van der Waals surface area (Å²) < 4.78 is 16.7. The van der Waals surface area contributed by atoms with E-state index < -0.39 is 11.9 Å². The molecule has 1 aliphatic carbocycles. The molecule has 0 saturated carbocycles. The molecule has 4 rings (SSSR count). The van der Waals surface area contributed by atoms with Crippen LogP contribution in [0.4, 0.5) is 5.69 Å². The van der Waals surface area contributed by atoms with Crippen molar-refractivity contribution in [1.29, 1.82) is 0 Å². The third-order valence-corrected chi connectivity index (χ3v) is 6.28. The van der Waals surface area contributed by atoms with Crippen molar-refractivity contribution in [2.45, 2.75) is 39.5 Å². The fourth-order valence-corrected chi connectivity index (χ4v) is 4.63. The van der Waals surface area contributed by atoms with E-state index in [1.807, 2.05) is 45.0 Å². The van der Waals surface area contributed by atoms with Gasteiger partial charge in [-0.05, 0) is 30.5 Å². The molecule has 2 aromatic rings. The minimum Gasteiger partial charge on any atom is -0.483 e. The Morgan fingerprint density at radius 3 is 2.50 bits per heavy atom. The van der Waals surface area contributed by atoms with Gasteiger partial charge in [0.25, 0.3) is 5.91 Å². The molecule has 2 aromatic carbocycles. The molecule has 0 saturated heterocycles. The minimum absolute atomic E-state index is 0.0319. The number of ether oxygens (including phenoxy) is 3. The third-order valence-electron chi connectivity index (χ3n) is 6.28. The second-order valence-electron chi connectivity index (χ2n) is 9.82. The number of esters is 1. The van der Waals surface area contributed by atoms with Gasteiger partial charge in [0.05, 0.1) is 13.0 Å². The van der Waals surface area contributed by atoms with Crippen LogP contribution in [0.25, 0.3) is 0 Å². The lowest BCUT2D eigenvalue weighted by Gasteiger charge is -2.38. The molecule has 1 atom stereocenters. The molecule has 0 bridgehead atoms. The van der Waals surface area contributed by atoms with Crippen LogP contribution in [0.15, 0.2) is 71.3 Å². The van der Waals surface area contributed by atoms with Crippen LogP contribution in [0, 0.1) is 12.3 Å². The number of hydrogen-bond acceptors (Lipinski definition) is 7. The molecular formula is C28H30N2O6. The zero-order valence-electron chi connectivity index (χ0n) is 20.8. The maximum absolute atomic E-state index is 13.3. The van der Waals surface area contributed by atoms with Crippen molar-refractivity contribution < 1.29 is 28.6 Å². The summed E-state index contributed by atoms with van der Waals surface area (Å²) in [4.78, 5) is 38.7. The van der Waals surface area contributed by atoms with E-state index in [2.05, 4.69) is 5.32 Å². The second kappa shape index (κ2) is 9.89. The molecular weight excluding hydrogens is 460 g/mol. The van der Waals surface area contributed by atoms with Crippen molar-refractivity contribution in [3.8, 4) is 5.75 Å². The van der Waals surface area contributed by atoms with E-state index in [1.54, 1.807) is 24.3 Å². The number of carbonyl (C=O) groups is 3. The van der Waals surface area contributed by atoms with Crippen LogP contribution in [-0.2, 0) is 23.9 Å². The number of anilines is 1. The Balaban J connectivity index is 1.68. The highest BCUT2D eigenvalue weighted by Crippen LogP contribution is 2.49. The molecule has 0 spiro atoms. The van der Waals surface area contributed by atoms with E-state index in [4.69, 9.17) is 19.9 Å². The van der Waals surface area contributed by atoms with Gasteiger partial charge in [-0.15, -0.1) is 0 Å². The number of allylic oxidation sites excluding steroid dienone is 2. The Hall–Kier alpha value is -4.07. The van der Waals surface area contributed by atoms with E-state index in [-0.39, 0.29) is 35.2 Å². The van der Waals surface area contributed by atoms with Crippen molar-refractivity contribution >= 4 is 23.3 Å². The zero-order valence-corrected chi connectivity index (χ0v) is 20.8. The standard InChI is InChI=1S/C28H30N2O6/c1-16-9-11-17(12-10-16)30-22(32)15-35-20-8-6-5-7-18(20)23-24-19(31)13-28(2,3)14-21(24)36-26(29)25(23)27(33)34-4/h5-12,23H,13-15,29H2,1-4H3,(H,30,32). The maximum atomic E-state index is 13.3. The number of methoxy groups -OCH3 is 1. The first kappa shape index (κ1) is 25.0. The summed E-state index contributed by atoms with van der Waals surface area (Å²) in [5, 5.41) is 2.79. The lowest BCUT2D eigenvalue weighted by Crippen LogP contribution is -2.35. The molecule has 188 valence electrons. The van der Waals surface area contributed by atoms with Gasteiger partial charge in [-0.25, -0.2) is 4.79 Å². The van der Waals surface area contributed by atoms with Crippen LogP contribution in [0.2, 0.25) is 0 Å². The highest BCUT2D eigenvalue weighted by atomic mass is 16.5. The molecule has 1 unspecified atom stereocenters. The molecule has 1 aliphatic heterocycles. The summed E-state index contributed by atoms with van der Waals surface area (Å²) in [5.74, 6) is -1.34. The summed E-state index contributed by atoms with van der Waals surface area (Å²) in [6.45, 7) is 5.65. The Labute approximate surface area is 210 Å². The number of nitrogens with two attached hydrogens (primary N) is 1. The van der Waals surface area contributed by atoms with Crippen molar-refractivity contribution in [1.82, 2.24) is 0 Å². The predicted molar refractivity (Wildman–Crippen MR) is 134 cm³/mol. The van der Waals surface area contributed by atoms with Gasteiger partial charge in [0.2, 0.25) is 5.88 Å². The van der Waals surface area contributed by atoms with E-state index in [0.717, 1.165) is 5.56 Å². The molecule has 8 nitrogen and oxygen atoms in total. The van der Waals surface area contributed by atoms with E-state index in [1.165, 1.54) is 7.11 Å². The van der Waals surface area contributed by atoms with Crippen LogP contribution >= 0.6 is 0 Å². The number of aryl methyl sites for hydroxylation is 1. The van der Waals surface area contributed by atoms with Gasteiger partial charge in [-0.3, -0.25) is 9.59 Å². The highest BCUT2D eigenvalue weighted by Gasteiger charge is 2.45. The van der Waals surface area contributed by atoms with E-state index in [0.29, 0.717) is 41.2 Å². The lowest BCUT2D eigenvalue weighted by atomic mass is 9.70. The van der Waals surface area contributed by atoms with E-state index >= 15 is 0 Å². The monoisotopic (exact) mass is 490 g/mol. The van der Waals surface area contributed by atoms with Gasteiger partial charge < -0.3 is 25.3 Å². The number of amides is 1. The molecule has 36 heavy (non-hydrogen) atoms. The molecule has 1 amide bonds. The smallest absolute Gasteiger partial charge is 0.340 e. The third kappa shape index (κ3) is 5.12. The van der Waals surface area contributed by atoms with Gasteiger partial charge in [0.1, 0.15) is 17.1 Å². The average Bonchev–Trinajstić information content (AvgIpc) is 2.82. The Morgan fingerprint density at radius 1 is 1.11 bits per heavy atom. The average molecular weight is 491 g/mol. The number of benzene rings is 2. The Bertz CT molecular complexity index is 1270. The van der Waals surface area contributed by atoms with Gasteiger partial charge >= 0.3 is 5.97 Å². The van der Waals surface area contributed by atoms with E-state index in [9.17, 15) is 14.4 Å². The summed E-state index contributed by atoms with van der Waals surface area (Å²) in [7, 11) is 1.24. The second-order valence-corrected chi connectivity index (χ2v) is 9.82. The van der Waals surface area contributed by atoms with Crippen molar-refractivity contribution in [3.63, 3.8) is 0 Å². The number of hydrogen-bond donors (Lipinski definition) is 2. The molecule has 0 radical (unpaired) electrons. The summed E-state index contributed by atoms with van der Waals surface area (Å²) in [6.07, 6.45) is 0.781. The maximum Gasteiger partial charge on any atom is 0.340 e. The largest absolute Gasteiger partial charge is 0.483 e. The molecule has 8 heteroatoms. The molecule has 0 aromatic heterocycles. The first-order valence-electron chi connectivity index (χ1n) is 11.7. The SMILES string of the molecule is COC(=O)C1=C(N)OC2=C(C(=O)CC(C)(C)C2)C1c1ccccc1OCC(=O)Nc1ccc(C)cc1. The van der Waals surface area contributed by atoms with Crippen LogP contribution in [-0.4, -0.2) is 31.4 Å². The highest BCUT2D eigenvalue weighted by molar-refractivity contribution is 6.03. The molecule has 2 aliphatic rings. The quantitative estimate of drug-likeness (QED) is 0.585. The van der Waals surface area contributed by atoms with Crippen LogP contribution in [0.1, 0.15) is 43.7 Å².